The summed E-state index contributed by atoms with van der Waals surface area (Å²) in [5.41, 5.74) is 9.22. The highest BCUT2D eigenvalue weighted by atomic mass is 16.3. The number of Topliss-reactive ketones (excluding diaryl/α,β-unsaturated/α-hetero) is 1. The summed E-state index contributed by atoms with van der Waals surface area (Å²) in [6, 6.07) is 9.52. The predicted octanol–water partition coefficient (Wildman–Crippen LogP) is 2.33. The Bertz CT molecular complexity index is 572. The highest BCUT2D eigenvalue weighted by molar-refractivity contribution is 5.87. The molecule has 3 heteroatoms. The Morgan fingerprint density at radius 2 is 2.11 bits per heavy atom. The Morgan fingerprint density at radius 1 is 1.22 bits per heavy atom. The average molecular weight is 241 g/mol. The van der Waals surface area contributed by atoms with Crippen molar-refractivity contribution < 1.29 is 9.21 Å². The Morgan fingerprint density at radius 3 is 2.89 bits per heavy atom. The summed E-state index contributed by atoms with van der Waals surface area (Å²) in [5.74, 6) is 0.986. The van der Waals surface area contributed by atoms with E-state index in [-0.39, 0.29) is 11.8 Å². The van der Waals surface area contributed by atoms with Gasteiger partial charge in [-0.3, -0.25) is 4.79 Å². The van der Waals surface area contributed by atoms with Crippen LogP contribution in [0.4, 0.5) is 0 Å². The molecule has 3 nitrogen and oxygen atoms in total. The van der Waals surface area contributed by atoms with E-state index in [1.54, 1.807) is 6.26 Å². The van der Waals surface area contributed by atoms with Gasteiger partial charge in [0.1, 0.15) is 5.76 Å². The molecule has 1 aromatic carbocycles. The van der Waals surface area contributed by atoms with Crippen LogP contribution in [0.5, 0.6) is 0 Å². The van der Waals surface area contributed by atoms with E-state index in [0.29, 0.717) is 12.8 Å². The first-order valence-corrected chi connectivity index (χ1v) is 6.18. The van der Waals surface area contributed by atoms with Crippen molar-refractivity contribution in [3.05, 3.63) is 47.7 Å². The molecular weight excluding hydrogens is 226 g/mol. The van der Waals surface area contributed by atoms with E-state index >= 15 is 0 Å². The second-order valence-corrected chi connectivity index (χ2v) is 4.71. The van der Waals surface area contributed by atoms with Gasteiger partial charge in [-0.05, 0) is 36.1 Å². The van der Waals surface area contributed by atoms with Crippen molar-refractivity contribution in [1.82, 2.24) is 0 Å². The number of ketones is 1. The van der Waals surface area contributed by atoms with Crippen molar-refractivity contribution in [3.63, 3.8) is 0 Å². The zero-order valence-corrected chi connectivity index (χ0v) is 10.1. The van der Waals surface area contributed by atoms with Crippen LogP contribution in [0.15, 0.2) is 41.0 Å². The number of fused-ring (bicyclic) bond motifs is 1. The SMILES string of the molecule is NC1CCc2c(cccc2-c2ccco2)CC1=O. The van der Waals surface area contributed by atoms with Crippen molar-refractivity contribution in [2.45, 2.75) is 25.3 Å². The lowest BCUT2D eigenvalue weighted by Crippen LogP contribution is -2.30. The molecule has 1 aliphatic carbocycles. The summed E-state index contributed by atoms with van der Waals surface area (Å²) in [6.45, 7) is 0. The summed E-state index contributed by atoms with van der Waals surface area (Å²) in [5, 5.41) is 0. The van der Waals surface area contributed by atoms with Gasteiger partial charge in [0.25, 0.3) is 0 Å². The molecule has 0 aliphatic heterocycles. The molecule has 0 bridgehead atoms. The van der Waals surface area contributed by atoms with Crippen molar-refractivity contribution in [2.75, 3.05) is 0 Å². The summed E-state index contributed by atoms with van der Waals surface area (Å²) in [7, 11) is 0. The number of hydrogen-bond acceptors (Lipinski definition) is 3. The smallest absolute Gasteiger partial charge is 0.153 e. The highest BCUT2D eigenvalue weighted by Crippen LogP contribution is 2.30. The summed E-state index contributed by atoms with van der Waals surface area (Å²) < 4.78 is 5.46. The Kier molecular flexibility index (Phi) is 2.76. The molecule has 1 unspecified atom stereocenters. The monoisotopic (exact) mass is 241 g/mol. The van der Waals surface area contributed by atoms with Crippen molar-refractivity contribution in [1.29, 1.82) is 0 Å². The molecule has 3 rings (SSSR count). The molecular formula is C15H15NO2. The molecule has 92 valence electrons. The van der Waals surface area contributed by atoms with Crippen LogP contribution < -0.4 is 5.73 Å². The van der Waals surface area contributed by atoms with Crippen LogP contribution >= 0.6 is 0 Å². The molecule has 2 N–H and O–H groups in total. The fraction of sp³-hybridized carbons (Fsp3) is 0.267. The molecule has 1 aliphatic rings. The van der Waals surface area contributed by atoms with Crippen molar-refractivity contribution >= 4 is 5.78 Å². The first kappa shape index (κ1) is 11.2. The first-order valence-electron chi connectivity index (χ1n) is 6.18. The van der Waals surface area contributed by atoms with Gasteiger partial charge in [-0.1, -0.05) is 18.2 Å². The fourth-order valence-electron chi connectivity index (χ4n) is 2.54. The third kappa shape index (κ3) is 1.87. The highest BCUT2D eigenvalue weighted by Gasteiger charge is 2.22. The average Bonchev–Trinajstić information content (AvgIpc) is 2.85. The van der Waals surface area contributed by atoms with E-state index in [4.69, 9.17) is 10.2 Å². The molecule has 0 saturated carbocycles. The van der Waals surface area contributed by atoms with Crippen LogP contribution in [0.3, 0.4) is 0 Å². The molecule has 18 heavy (non-hydrogen) atoms. The molecule has 1 atom stereocenters. The van der Waals surface area contributed by atoms with Crippen molar-refractivity contribution in [2.24, 2.45) is 5.73 Å². The van der Waals surface area contributed by atoms with Crippen LogP contribution in [0.2, 0.25) is 0 Å². The first-order chi connectivity index (χ1) is 8.75. The second kappa shape index (κ2) is 4.42. The fourth-order valence-corrected chi connectivity index (χ4v) is 2.54. The van der Waals surface area contributed by atoms with Crippen LogP contribution in [0.1, 0.15) is 17.5 Å². The predicted molar refractivity (Wildman–Crippen MR) is 69.2 cm³/mol. The van der Waals surface area contributed by atoms with Gasteiger partial charge >= 0.3 is 0 Å². The molecule has 0 spiro atoms. The maximum Gasteiger partial charge on any atom is 0.153 e. The molecule has 0 fully saturated rings. The van der Waals surface area contributed by atoms with E-state index in [0.717, 1.165) is 23.3 Å². The van der Waals surface area contributed by atoms with Crippen LogP contribution in [-0.4, -0.2) is 11.8 Å². The zero-order valence-electron chi connectivity index (χ0n) is 10.1. The van der Waals surface area contributed by atoms with Gasteiger partial charge in [0.2, 0.25) is 0 Å². The largest absolute Gasteiger partial charge is 0.464 e. The number of furan rings is 1. The minimum absolute atomic E-state index is 0.130. The lowest BCUT2D eigenvalue weighted by molar-refractivity contribution is -0.119. The summed E-state index contributed by atoms with van der Waals surface area (Å²) >= 11 is 0. The van der Waals surface area contributed by atoms with E-state index < -0.39 is 0 Å². The normalized spacial score (nSPS) is 19.4. The molecule has 1 aromatic heterocycles. The van der Waals surface area contributed by atoms with E-state index in [1.165, 1.54) is 5.56 Å². The van der Waals surface area contributed by atoms with Gasteiger partial charge in [0, 0.05) is 12.0 Å². The third-order valence-corrected chi connectivity index (χ3v) is 3.54. The number of carbonyl (C=O) groups excluding carboxylic acids is 1. The molecule has 0 amide bonds. The molecule has 1 heterocycles. The Labute approximate surface area is 106 Å². The number of hydrogen-bond donors (Lipinski definition) is 1. The van der Waals surface area contributed by atoms with Gasteiger partial charge < -0.3 is 10.2 Å². The maximum atomic E-state index is 11.8. The van der Waals surface area contributed by atoms with Crippen LogP contribution in [0.25, 0.3) is 11.3 Å². The number of nitrogens with two attached hydrogens (primary N) is 1. The Hall–Kier alpha value is -1.87. The van der Waals surface area contributed by atoms with Crippen LogP contribution in [0, 0.1) is 0 Å². The summed E-state index contributed by atoms with van der Waals surface area (Å²) in [6.07, 6.45) is 3.65. The minimum Gasteiger partial charge on any atom is -0.464 e. The molecule has 0 radical (unpaired) electrons. The lowest BCUT2D eigenvalue weighted by Gasteiger charge is -2.09. The molecule has 0 saturated heterocycles. The van der Waals surface area contributed by atoms with Crippen molar-refractivity contribution in [3.8, 4) is 11.3 Å². The number of carbonyl (C=O) groups is 1. The number of rotatable bonds is 1. The van der Waals surface area contributed by atoms with Crippen LogP contribution in [-0.2, 0) is 17.6 Å². The quantitative estimate of drug-likeness (QED) is 0.779. The standard InChI is InChI=1S/C15H15NO2/c16-13-7-6-11-10(9-14(13)17)3-1-4-12(11)15-5-2-8-18-15/h1-5,8,13H,6-7,9,16H2. The molecule has 2 aromatic rings. The zero-order chi connectivity index (χ0) is 12.5. The maximum absolute atomic E-state index is 11.8. The van der Waals surface area contributed by atoms with E-state index in [2.05, 4.69) is 0 Å². The minimum atomic E-state index is -0.332. The Balaban J connectivity index is 2.10. The lowest BCUT2D eigenvalue weighted by atomic mass is 9.96. The van der Waals surface area contributed by atoms with E-state index in [9.17, 15) is 4.79 Å². The third-order valence-electron chi connectivity index (χ3n) is 3.54. The van der Waals surface area contributed by atoms with Gasteiger partial charge in [0.05, 0.1) is 12.3 Å². The second-order valence-electron chi connectivity index (χ2n) is 4.71. The van der Waals surface area contributed by atoms with E-state index in [1.807, 2.05) is 30.3 Å². The summed E-state index contributed by atoms with van der Waals surface area (Å²) in [4.78, 5) is 11.8. The van der Waals surface area contributed by atoms with Gasteiger partial charge in [-0.25, -0.2) is 0 Å². The topological polar surface area (TPSA) is 56.2 Å². The van der Waals surface area contributed by atoms with Gasteiger partial charge in [-0.15, -0.1) is 0 Å². The number of benzene rings is 1. The van der Waals surface area contributed by atoms with Gasteiger partial charge in [0.15, 0.2) is 5.78 Å². The van der Waals surface area contributed by atoms with Gasteiger partial charge in [-0.2, -0.15) is 0 Å².